The van der Waals surface area contributed by atoms with Crippen LogP contribution in [0.2, 0.25) is 0 Å². The molecule has 0 amide bonds. The summed E-state index contributed by atoms with van der Waals surface area (Å²) in [6.45, 7) is 0. The Morgan fingerprint density at radius 1 is 1.33 bits per heavy atom. The second kappa shape index (κ2) is 8.98. The highest BCUT2D eigenvalue weighted by Crippen LogP contribution is 1.98. The summed E-state index contributed by atoms with van der Waals surface area (Å²) in [5.74, 6) is 0. The zero-order valence-electron chi connectivity index (χ0n) is 2.71. The molecule has 0 saturated heterocycles. The number of hydrogen-bond donors (Lipinski definition) is 2. The molecular weight excluding hydrogens is 126 g/mol. The van der Waals surface area contributed by atoms with Crippen LogP contribution in [0, 0.1) is 0 Å². The first-order valence-corrected chi connectivity index (χ1v) is 2.57. The van der Waals surface area contributed by atoms with E-state index in [1.54, 1.807) is 9.12 Å². The van der Waals surface area contributed by atoms with Crippen LogP contribution in [-0.2, 0) is 9.13 Å². The first-order valence-electron chi connectivity index (χ1n) is 0.855. The third kappa shape index (κ3) is 718. The van der Waals surface area contributed by atoms with Crippen molar-refractivity contribution in [2.24, 2.45) is 0 Å². The van der Waals surface area contributed by atoms with Crippen molar-refractivity contribution in [3.8, 4) is 0 Å². The van der Waals surface area contributed by atoms with Gasteiger partial charge in [-0.3, -0.25) is 9.13 Å². The summed E-state index contributed by atoms with van der Waals surface area (Å²) in [7, 11) is -1.41. The van der Waals surface area contributed by atoms with E-state index in [2.05, 4.69) is 0 Å². The largest absolute Gasteiger partial charge is 0.326 e. The van der Waals surface area contributed by atoms with Crippen LogP contribution < -0.4 is 0 Å². The maximum atomic E-state index is 8.74. The van der Waals surface area contributed by atoms with E-state index in [4.69, 9.17) is 18.9 Å². The van der Waals surface area contributed by atoms with E-state index in [0.717, 1.165) is 0 Å². The molecule has 0 unspecified atom stereocenters. The van der Waals surface area contributed by atoms with E-state index < -0.39 is 8.25 Å². The SMILES string of the molecule is O=P.O=[PH](O)O. The van der Waals surface area contributed by atoms with Gasteiger partial charge in [0, 0.05) is 0 Å². The Kier molecular flexibility index (Phi) is 14.3. The second-order valence-electron chi connectivity index (χ2n) is 0.283. The Labute approximate surface area is 37.4 Å². The van der Waals surface area contributed by atoms with Crippen LogP contribution >= 0.6 is 17.4 Å². The summed E-state index contributed by atoms with van der Waals surface area (Å²) >= 11 is 0. The van der Waals surface area contributed by atoms with Crippen molar-refractivity contribution in [2.45, 2.75) is 0 Å². The van der Waals surface area contributed by atoms with Gasteiger partial charge in [-0.15, -0.1) is 0 Å². The molecule has 2 N–H and O–H groups in total. The fraction of sp³-hybridized carbons (Fsp3) is 0. The summed E-state index contributed by atoms with van der Waals surface area (Å²) in [6.07, 6.45) is 0. The minimum atomic E-state index is -3.13. The number of rotatable bonds is 0. The fourth-order valence-electron chi connectivity index (χ4n) is 0. The van der Waals surface area contributed by atoms with Gasteiger partial charge >= 0.3 is 8.25 Å². The fourth-order valence-corrected chi connectivity index (χ4v) is 0. The van der Waals surface area contributed by atoms with E-state index in [9.17, 15) is 0 Å². The van der Waals surface area contributed by atoms with E-state index >= 15 is 0 Å². The molecule has 0 saturated carbocycles. The van der Waals surface area contributed by atoms with Crippen LogP contribution in [-0.4, -0.2) is 9.79 Å². The average Bonchev–Trinajstić information content (AvgIpc) is 1.41. The van der Waals surface area contributed by atoms with Crippen LogP contribution in [0.3, 0.4) is 0 Å². The first-order chi connectivity index (χ1) is 2.73. The van der Waals surface area contributed by atoms with Gasteiger partial charge in [-0.25, -0.2) is 0 Å². The van der Waals surface area contributed by atoms with Gasteiger partial charge in [0.1, 0.15) is 9.12 Å². The van der Waals surface area contributed by atoms with Gasteiger partial charge in [-0.2, -0.15) is 0 Å². The van der Waals surface area contributed by atoms with Crippen LogP contribution in [0.25, 0.3) is 0 Å². The van der Waals surface area contributed by atoms with Crippen LogP contribution in [0.4, 0.5) is 0 Å². The first kappa shape index (κ1) is 9.54. The van der Waals surface area contributed by atoms with Gasteiger partial charge in [0.05, 0.1) is 0 Å². The average molecular weight is 130 g/mol. The van der Waals surface area contributed by atoms with E-state index in [1.165, 1.54) is 0 Å². The molecule has 0 aliphatic rings. The predicted molar refractivity (Wildman–Crippen MR) is 22.4 cm³/mol. The summed E-state index contributed by atoms with van der Waals surface area (Å²) < 4.78 is 16.8. The van der Waals surface area contributed by atoms with Crippen molar-refractivity contribution in [3.63, 3.8) is 0 Å². The van der Waals surface area contributed by atoms with Gasteiger partial charge in [-0.05, 0) is 0 Å². The lowest BCUT2D eigenvalue weighted by Crippen LogP contribution is -1.38. The van der Waals surface area contributed by atoms with E-state index in [-0.39, 0.29) is 0 Å². The van der Waals surface area contributed by atoms with Gasteiger partial charge < -0.3 is 9.79 Å². The lowest BCUT2D eigenvalue weighted by molar-refractivity contribution is 0.405. The van der Waals surface area contributed by atoms with Crippen molar-refractivity contribution < 1.29 is 18.9 Å². The molecular formula is H4O4P2. The topological polar surface area (TPSA) is 74.6 Å². The van der Waals surface area contributed by atoms with E-state index in [1.807, 2.05) is 0 Å². The summed E-state index contributed by atoms with van der Waals surface area (Å²) in [5, 5.41) is 0. The zero-order valence-corrected chi connectivity index (χ0v) is 4.71. The Bertz CT molecular complexity index is 36.8. The number of hydrogen-bond acceptors (Lipinski definition) is 2. The zero-order chi connectivity index (χ0) is 5.58. The highest BCUT2D eigenvalue weighted by molar-refractivity contribution is 7.30. The van der Waals surface area contributed by atoms with E-state index in [0.29, 0.717) is 0 Å². The second-order valence-corrected chi connectivity index (χ2v) is 0.848. The monoisotopic (exact) mass is 130 g/mol. The normalized spacial score (nSPS) is 6.50. The highest BCUT2D eigenvalue weighted by atomic mass is 31.1. The minimum Gasteiger partial charge on any atom is -0.326 e. The quantitative estimate of drug-likeness (QED) is 0.446. The maximum Gasteiger partial charge on any atom is 0.314 e. The smallest absolute Gasteiger partial charge is 0.314 e. The molecule has 0 aromatic heterocycles. The van der Waals surface area contributed by atoms with Crippen molar-refractivity contribution in [3.05, 3.63) is 0 Å². The lowest BCUT2D eigenvalue weighted by Gasteiger charge is -1.61. The third-order valence-electron chi connectivity index (χ3n) is 0. The molecule has 0 aromatic rings. The molecule has 0 rings (SSSR count). The molecule has 0 fully saturated rings. The molecule has 0 heterocycles. The van der Waals surface area contributed by atoms with Crippen molar-refractivity contribution in [2.75, 3.05) is 0 Å². The van der Waals surface area contributed by atoms with Crippen LogP contribution in [0.15, 0.2) is 0 Å². The van der Waals surface area contributed by atoms with Gasteiger partial charge in [0.15, 0.2) is 0 Å². The highest BCUT2D eigenvalue weighted by Gasteiger charge is 1.61. The molecule has 6 heteroatoms. The van der Waals surface area contributed by atoms with Gasteiger partial charge in [0.2, 0.25) is 0 Å². The summed E-state index contributed by atoms with van der Waals surface area (Å²) in [6, 6.07) is 0. The molecule has 0 radical (unpaired) electrons. The Balaban J connectivity index is 0. The summed E-state index contributed by atoms with van der Waals surface area (Å²) in [4.78, 5) is 14.3. The third-order valence-corrected chi connectivity index (χ3v) is 0. The molecule has 4 nitrogen and oxygen atoms in total. The van der Waals surface area contributed by atoms with Crippen LogP contribution in [0.5, 0.6) is 0 Å². The minimum absolute atomic E-state index is 1.72. The van der Waals surface area contributed by atoms with Crippen LogP contribution in [0.1, 0.15) is 0 Å². The Morgan fingerprint density at radius 3 is 1.33 bits per heavy atom. The molecule has 38 valence electrons. The molecule has 0 bridgehead atoms. The van der Waals surface area contributed by atoms with Crippen molar-refractivity contribution >= 4 is 17.4 Å². The lowest BCUT2D eigenvalue weighted by atomic mass is 15.8. The Hall–Kier alpha value is 0.250. The Morgan fingerprint density at radius 2 is 1.33 bits per heavy atom. The molecule has 0 spiro atoms. The molecule has 0 aliphatic carbocycles. The predicted octanol–water partition coefficient (Wildman–Crippen LogP) is -0.165. The van der Waals surface area contributed by atoms with Gasteiger partial charge in [0.25, 0.3) is 0 Å². The maximum absolute atomic E-state index is 8.74. The molecule has 0 aliphatic heterocycles. The van der Waals surface area contributed by atoms with Crippen molar-refractivity contribution in [1.29, 1.82) is 0 Å². The summed E-state index contributed by atoms with van der Waals surface area (Å²) in [5.41, 5.74) is 0. The standard InChI is InChI=1S/H3O3P.HOP/c1-4(2)3;1-2/h4H,(H2,1,2,3);2H. The van der Waals surface area contributed by atoms with Gasteiger partial charge in [-0.1, -0.05) is 0 Å². The molecule has 6 heavy (non-hydrogen) atoms. The van der Waals surface area contributed by atoms with Crippen molar-refractivity contribution in [1.82, 2.24) is 0 Å². The molecule has 0 atom stereocenters. The molecule has 0 aromatic carbocycles.